The van der Waals surface area contributed by atoms with Crippen LogP contribution in [0.15, 0.2) is 6.20 Å². The Kier molecular flexibility index (Phi) is 2.53. The first-order valence-electron chi connectivity index (χ1n) is 6.32. The van der Waals surface area contributed by atoms with Crippen molar-refractivity contribution in [1.82, 2.24) is 15.5 Å². The van der Waals surface area contributed by atoms with Gasteiger partial charge in [-0.05, 0) is 43.4 Å². The van der Waals surface area contributed by atoms with Gasteiger partial charge in [0.2, 0.25) is 0 Å². The van der Waals surface area contributed by atoms with E-state index < -0.39 is 0 Å². The number of aromatic nitrogens is 2. The maximum absolute atomic E-state index is 11.9. The van der Waals surface area contributed by atoms with Crippen LogP contribution in [0, 0.1) is 17.8 Å². The molecule has 4 N–H and O–H groups in total. The van der Waals surface area contributed by atoms with Crippen molar-refractivity contribution >= 4 is 11.7 Å². The number of carbonyl (C=O) groups is 1. The average molecular weight is 234 g/mol. The van der Waals surface area contributed by atoms with Crippen LogP contribution >= 0.6 is 0 Å². The fourth-order valence-corrected chi connectivity index (χ4v) is 2.55. The molecule has 5 nitrogen and oxygen atoms in total. The van der Waals surface area contributed by atoms with Gasteiger partial charge < -0.3 is 11.1 Å². The van der Waals surface area contributed by atoms with Crippen molar-refractivity contribution in [2.45, 2.75) is 25.7 Å². The maximum Gasteiger partial charge on any atom is 0.256 e. The van der Waals surface area contributed by atoms with E-state index in [9.17, 15) is 4.79 Å². The summed E-state index contributed by atoms with van der Waals surface area (Å²) < 4.78 is 0. The molecule has 1 amide bonds. The minimum atomic E-state index is -0.109. The molecule has 2 fully saturated rings. The molecule has 0 radical (unpaired) electrons. The van der Waals surface area contributed by atoms with Gasteiger partial charge in [0, 0.05) is 6.54 Å². The summed E-state index contributed by atoms with van der Waals surface area (Å²) in [4.78, 5) is 11.9. The molecule has 92 valence electrons. The zero-order valence-electron chi connectivity index (χ0n) is 9.78. The van der Waals surface area contributed by atoms with Crippen LogP contribution in [0.5, 0.6) is 0 Å². The highest BCUT2D eigenvalue weighted by molar-refractivity contribution is 5.98. The van der Waals surface area contributed by atoms with Gasteiger partial charge in [0.1, 0.15) is 11.4 Å². The predicted octanol–water partition coefficient (Wildman–Crippen LogP) is 1.16. The molecule has 5 heteroatoms. The molecule has 1 aromatic rings. The van der Waals surface area contributed by atoms with Gasteiger partial charge in [-0.15, -0.1) is 0 Å². The Bertz CT molecular complexity index is 408. The molecule has 0 aromatic carbocycles. The lowest BCUT2D eigenvalue weighted by molar-refractivity contribution is 0.0944. The first kappa shape index (κ1) is 10.6. The first-order valence-corrected chi connectivity index (χ1v) is 6.32. The van der Waals surface area contributed by atoms with Crippen LogP contribution < -0.4 is 11.1 Å². The number of H-pyrrole nitrogens is 1. The van der Waals surface area contributed by atoms with Gasteiger partial charge in [-0.1, -0.05) is 0 Å². The second kappa shape index (κ2) is 4.05. The average Bonchev–Trinajstić information content (AvgIpc) is 3.20. The van der Waals surface area contributed by atoms with Gasteiger partial charge in [0.25, 0.3) is 5.91 Å². The van der Waals surface area contributed by atoms with Crippen LogP contribution in [0.4, 0.5) is 5.82 Å². The molecule has 2 aliphatic rings. The molecule has 1 heterocycles. The third-order valence-electron chi connectivity index (χ3n) is 3.87. The van der Waals surface area contributed by atoms with Gasteiger partial charge in [0.05, 0.1) is 6.20 Å². The van der Waals surface area contributed by atoms with Crippen LogP contribution in [0.3, 0.4) is 0 Å². The van der Waals surface area contributed by atoms with Gasteiger partial charge >= 0.3 is 0 Å². The number of nitrogen functional groups attached to an aromatic ring is 1. The van der Waals surface area contributed by atoms with E-state index in [4.69, 9.17) is 5.73 Å². The quantitative estimate of drug-likeness (QED) is 0.714. The van der Waals surface area contributed by atoms with Crippen molar-refractivity contribution in [1.29, 1.82) is 0 Å². The smallest absolute Gasteiger partial charge is 0.256 e. The second-order valence-electron chi connectivity index (χ2n) is 5.25. The summed E-state index contributed by atoms with van der Waals surface area (Å²) in [7, 11) is 0. The number of nitrogens with zero attached hydrogens (tertiary/aromatic N) is 1. The number of nitrogens with one attached hydrogen (secondary N) is 2. The Morgan fingerprint density at radius 1 is 1.47 bits per heavy atom. The van der Waals surface area contributed by atoms with E-state index in [1.165, 1.54) is 31.9 Å². The lowest BCUT2D eigenvalue weighted by atomic mass is 9.98. The number of aromatic amines is 1. The van der Waals surface area contributed by atoms with Crippen molar-refractivity contribution in [2.24, 2.45) is 17.8 Å². The minimum Gasteiger partial charge on any atom is -0.383 e. The Balaban J connectivity index is 1.56. The Labute approximate surface area is 100 Å². The zero-order valence-corrected chi connectivity index (χ0v) is 9.78. The molecule has 0 saturated heterocycles. The Morgan fingerprint density at radius 3 is 2.59 bits per heavy atom. The molecule has 1 aromatic heterocycles. The summed E-state index contributed by atoms with van der Waals surface area (Å²) in [5.41, 5.74) is 6.07. The fourth-order valence-electron chi connectivity index (χ4n) is 2.55. The Hall–Kier alpha value is -1.52. The van der Waals surface area contributed by atoms with Gasteiger partial charge in [-0.25, -0.2) is 0 Å². The SMILES string of the molecule is Nc1[nH]ncc1C(=O)NCC(C1CC1)C1CC1. The molecule has 3 rings (SSSR count). The molecule has 0 atom stereocenters. The number of anilines is 1. The molecule has 0 unspecified atom stereocenters. The van der Waals surface area contributed by atoms with Crippen molar-refractivity contribution < 1.29 is 4.79 Å². The second-order valence-corrected chi connectivity index (χ2v) is 5.25. The van der Waals surface area contributed by atoms with Crippen LogP contribution in [0.2, 0.25) is 0 Å². The molecule has 0 aliphatic heterocycles. The van der Waals surface area contributed by atoms with Crippen molar-refractivity contribution in [3.8, 4) is 0 Å². The van der Waals surface area contributed by atoms with Gasteiger partial charge in [-0.3, -0.25) is 9.89 Å². The molecule has 0 bridgehead atoms. The third kappa shape index (κ3) is 2.28. The van der Waals surface area contributed by atoms with E-state index in [0.717, 1.165) is 18.4 Å². The zero-order chi connectivity index (χ0) is 11.8. The molecule has 17 heavy (non-hydrogen) atoms. The van der Waals surface area contributed by atoms with E-state index in [1.807, 2.05) is 0 Å². The molecule has 2 aliphatic carbocycles. The number of hydrogen-bond acceptors (Lipinski definition) is 3. The van der Waals surface area contributed by atoms with E-state index in [-0.39, 0.29) is 5.91 Å². The number of amides is 1. The number of carbonyl (C=O) groups excluding carboxylic acids is 1. The third-order valence-corrected chi connectivity index (χ3v) is 3.87. The summed E-state index contributed by atoms with van der Waals surface area (Å²) in [5, 5.41) is 9.32. The van der Waals surface area contributed by atoms with Crippen molar-refractivity contribution in [2.75, 3.05) is 12.3 Å². The van der Waals surface area contributed by atoms with Crippen LogP contribution in [-0.4, -0.2) is 22.6 Å². The van der Waals surface area contributed by atoms with Crippen LogP contribution in [0.25, 0.3) is 0 Å². The van der Waals surface area contributed by atoms with Gasteiger partial charge in [0.15, 0.2) is 0 Å². The lowest BCUT2D eigenvalue weighted by Gasteiger charge is -2.15. The van der Waals surface area contributed by atoms with E-state index in [2.05, 4.69) is 15.5 Å². The summed E-state index contributed by atoms with van der Waals surface area (Å²) in [6.45, 7) is 0.790. The van der Waals surface area contributed by atoms with Crippen molar-refractivity contribution in [3.63, 3.8) is 0 Å². The van der Waals surface area contributed by atoms with E-state index >= 15 is 0 Å². The largest absolute Gasteiger partial charge is 0.383 e. The molecular weight excluding hydrogens is 216 g/mol. The monoisotopic (exact) mass is 234 g/mol. The number of rotatable bonds is 5. The summed E-state index contributed by atoms with van der Waals surface area (Å²) in [6, 6.07) is 0. The Morgan fingerprint density at radius 2 is 2.12 bits per heavy atom. The summed E-state index contributed by atoms with van der Waals surface area (Å²) >= 11 is 0. The van der Waals surface area contributed by atoms with Gasteiger partial charge in [-0.2, -0.15) is 5.10 Å². The highest BCUT2D eigenvalue weighted by atomic mass is 16.1. The molecule has 2 saturated carbocycles. The maximum atomic E-state index is 11.9. The molecule has 0 spiro atoms. The predicted molar refractivity (Wildman–Crippen MR) is 64.3 cm³/mol. The number of hydrogen-bond donors (Lipinski definition) is 3. The van der Waals surface area contributed by atoms with Crippen molar-refractivity contribution in [3.05, 3.63) is 11.8 Å². The first-order chi connectivity index (χ1) is 8.25. The summed E-state index contributed by atoms with van der Waals surface area (Å²) in [5.74, 6) is 2.63. The highest BCUT2D eigenvalue weighted by Gasteiger charge is 2.41. The van der Waals surface area contributed by atoms with Crippen LogP contribution in [0.1, 0.15) is 36.0 Å². The van der Waals surface area contributed by atoms with E-state index in [0.29, 0.717) is 17.3 Å². The normalized spacial score (nSPS) is 19.6. The van der Waals surface area contributed by atoms with E-state index in [1.54, 1.807) is 0 Å². The fraction of sp³-hybridized carbons (Fsp3) is 0.667. The lowest BCUT2D eigenvalue weighted by Crippen LogP contribution is -2.31. The molecular formula is C12H18N4O. The minimum absolute atomic E-state index is 0.109. The van der Waals surface area contributed by atoms with Crippen LogP contribution in [-0.2, 0) is 0 Å². The highest BCUT2D eigenvalue weighted by Crippen LogP contribution is 2.48. The summed E-state index contributed by atoms with van der Waals surface area (Å²) in [6.07, 6.45) is 6.83. The number of nitrogens with two attached hydrogens (primary N) is 1. The standard InChI is InChI=1S/C12H18N4O/c13-11-10(6-15-16-11)12(17)14-5-9(7-1-2-7)8-3-4-8/h6-9H,1-5H2,(H,14,17)(H3,13,15,16). The topological polar surface area (TPSA) is 83.8 Å².